The zero-order valence-electron chi connectivity index (χ0n) is 11.5. The van der Waals surface area contributed by atoms with E-state index in [0.29, 0.717) is 18.8 Å². The number of benzene rings is 1. The molecular weight excluding hydrogens is 254 g/mol. The first-order chi connectivity index (χ1) is 9.74. The Kier molecular flexibility index (Phi) is 3.41. The molecule has 0 atom stereocenters. The van der Waals surface area contributed by atoms with Crippen LogP contribution in [-0.4, -0.2) is 42.1 Å². The predicted octanol–water partition coefficient (Wildman–Crippen LogP) is 1.95. The summed E-state index contributed by atoms with van der Waals surface area (Å²) in [6.07, 6.45) is 1.50. The van der Waals surface area contributed by atoms with Gasteiger partial charge in [0.25, 0.3) is 5.91 Å². The highest BCUT2D eigenvalue weighted by Gasteiger charge is 2.24. The van der Waals surface area contributed by atoms with Crippen LogP contribution in [0.3, 0.4) is 0 Å². The minimum Gasteiger partial charge on any atom is -0.368 e. The zero-order valence-corrected chi connectivity index (χ0v) is 11.5. The SMILES string of the molecule is Cc1cccc(N2CCN(C(=O)c3ccno3)CC2)c1. The molecule has 2 aromatic rings. The van der Waals surface area contributed by atoms with Crippen LogP contribution in [0.25, 0.3) is 0 Å². The van der Waals surface area contributed by atoms with Crippen molar-refractivity contribution >= 4 is 11.6 Å². The number of rotatable bonds is 2. The molecule has 104 valence electrons. The first kappa shape index (κ1) is 12.7. The van der Waals surface area contributed by atoms with Crippen LogP contribution >= 0.6 is 0 Å². The van der Waals surface area contributed by atoms with Gasteiger partial charge in [-0.05, 0) is 24.6 Å². The molecule has 1 fully saturated rings. The summed E-state index contributed by atoms with van der Waals surface area (Å²) in [5.41, 5.74) is 2.47. The van der Waals surface area contributed by atoms with E-state index in [9.17, 15) is 4.79 Å². The van der Waals surface area contributed by atoms with Crippen LogP contribution < -0.4 is 4.90 Å². The largest absolute Gasteiger partial charge is 0.368 e. The quantitative estimate of drug-likeness (QED) is 0.837. The molecule has 0 radical (unpaired) electrons. The molecule has 0 saturated carbocycles. The average Bonchev–Trinajstić information content (AvgIpc) is 3.01. The van der Waals surface area contributed by atoms with Gasteiger partial charge in [-0.25, -0.2) is 0 Å². The van der Waals surface area contributed by atoms with Crippen molar-refractivity contribution in [2.45, 2.75) is 6.92 Å². The third-order valence-corrected chi connectivity index (χ3v) is 3.58. The Labute approximate surface area is 117 Å². The van der Waals surface area contributed by atoms with Gasteiger partial charge in [0, 0.05) is 37.9 Å². The summed E-state index contributed by atoms with van der Waals surface area (Å²) in [7, 11) is 0. The fourth-order valence-corrected chi connectivity index (χ4v) is 2.47. The highest BCUT2D eigenvalue weighted by atomic mass is 16.5. The number of amides is 1. The average molecular weight is 271 g/mol. The number of nitrogens with zero attached hydrogens (tertiary/aromatic N) is 3. The number of hydrogen-bond acceptors (Lipinski definition) is 4. The van der Waals surface area contributed by atoms with E-state index in [-0.39, 0.29) is 5.91 Å². The number of carbonyl (C=O) groups is 1. The number of anilines is 1. The molecule has 0 N–H and O–H groups in total. The topological polar surface area (TPSA) is 49.6 Å². The van der Waals surface area contributed by atoms with E-state index < -0.39 is 0 Å². The van der Waals surface area contributed by atoms with Crippen molar-refractivity contribution in [1.29, 1.82) is 0 Å². The second kappa shape index (κ2) is 5.36. The molecule has 1 aliphatic heterocycles. The van der Waals surface area contributed by atoms with Crippen LogP contribution in [0.4, 0.5) is 5.69 Å². The first-order valence-corrected chi connectivity index (χ1v) is 6.75. The zero-order chi connectivity index (χ0) is 13.9. The predicted molar refractivity (Wildman–Crippen MR) is 75.8 cm³/mol. The minimum atomic E-state index is -0.0774. The van der Waals surface area contributed by atoms with E-state index in [1.54, 1.807) is 6.07 Å². The number of piperazine rings is 1. The van der Waals surface area contributed by atoms with Gasteiger partial charge in [-0.3, -0.25) is 4.79 Å². The summed E-state index contributed by atoms with van der Waals surface area (Å²) in [5, 5.41) is 3.58. The van der Waals surface area contributed by atoms with Gasteiger partial charge in [0.05, 0.1) is 6.20 Å². The molecule has 20 heavy (non-hydrogen) atoms. The number of aryl methyl sites for hydroxylation is 1. The second-order valence-electron chi connectivity index (χ2n) is 4.99. The van der Waals surface area contributed by atoms with Gasteiger partial charge in [-0.1, -0.05) is 17.3 Å². The normalized spacial score (nSPS) is 15.4. The van der Waals surface area contributed by atoms with Crippen molar-refractivity contribution in [3.63, 3.8) is 0 Å². The molecule has 0 spiro atoms. The summed E-state index contributed by atoms with van der Waals surface area (Å²) in [6, 6.07) is 10.0. The molecule has 1 amide bonds. The van der Waals surface area contributed by atoms with Crippen LogP contribution in [0, 0.1) is 6.92 Å². The highest BCUT2D eigenvalue weighted by molar-refractivity contribution is 5.91. The lowest BCUT2D eigenvalue weighted by molar-refractivity contribution is 0.0705. The Hall–Kier alpha value is -2.30. The summed E-state index contributed by atoms with van der Waals surface area (Å²) < 4.78 is 4.92. The van der Waals surface area contributed by atoms with E-state index in [2.05, 4.69) is 41.2 Å². The second-order valence-corrected chi connectivity index (χ2v) is 4.99. The lowest BCUT2D eigenvalue weighted by atomic mass is 10.2. The monoisotopic (exact) mass is 271 g/mol. The van der Waals surface area contributed by atoms with Crippen LogP contribution in [0.1, 0.15) is 16.1 Å². The Balaban J connectivity index is 1.64. The molecule has 5 heteroatoms. The molecule has 5 nitrogen and oxygen atoms in total. The van der Waals surface area contributed by atoms with E-state index in [1.165, 1.54) is 17.4 Å². The van der Waals surface area contributed by atoms with Crippen molar-refractivity contribution in [3.8, 4) is 0 Å². The van der Waals surface area contributed by atoms with Gasteiger partial charge in [0.2, 0.25) is 5.76 Å². The number of hydrogen-bond donors (Lipinski definition) is 0. The van der Waals surface area contributed by atoms with Crippen molar-refractivity contribution < 1.29 is 9.32 Å². The van der Waals surface area contributed by atoms with Gasteiger partial charge >= 0.3 is 0 Å². The number of aromatic nitrogens is 1. The fourth-order valence-electron chi connectivity index (χ4n) is 2.47. The van der Waals surface area contributed by atoms with Crippen molar-refractivity contribution in [2.75, 3.05) is 31.1 Å². The molecule has 2 heterocycles. The summed E-state index contributed by atoms with van der Waals surface area (Å²) in [5.74, 6) is 0.236. The van der Waals surface area contributed by atoms with E-state index in [1.807, 2.05) is 4.90 Å². The maximum Gasteiger partial charge on any atom is 0.292 e. The van der Waals surface area contributed by atoms with E-state index in [0.717, 1.165) is 13.1 Å². The fraction of sp³-hybridized carbons (Fsp3) is 0.333. The van der Waals surface area contributed by atoms with Crippen molar-refractivity contribution in [3.05, 3.63) is 47.9 Å². The maximum atomic E-state index is 12.1. The maximum absolute atomic E-state index is 12.1. The first-order valence-electron chi connectivity index (χ1n) is 6.75. The van der Waals surface area contributed by atoms with Crippen LogP contribution in [-0.2, 0) is 0 Å². The Morgan fingerprint density at radius 2 is 2.00 bits per heavy atom. The van der Waals surface area contributed by atoms with Gasteiger partial charge in [-0.2, -0.15) is 0 Å². The lowest BCUT2D eigenvalue weighted by Crippen LogP contribution is -2.48. The molecule has 0 bridgehead atoms. The van der Waals surface area contributed by atoms with E-state index >= 15 is 0 Å². The summed E-state index contributed by atoms with van der Waals surface area (Å²) >= 11 is 0. The van der Waals surface area contributed by atoms with Crippen LogP contribution in [0.5, 0.6) is 0 Å². The lowest BCUT2D eigenvalue weighted by Gasteiger charge is -2.35. The van der Waals surface area contributed by atoms with Crippen LogP contribution in [0.15, 0.2) is 41.1 Å². The van der Waals surface area contributed by atoms with Crippen LogP contribution in [0.2, 0.25) is 0 Å². The third-order valence-electron chi connectivity index (χ3n) is 3.58. The van der Waals surface area contributed by atoms with Gasteiger partial charge < -0.3 is 14.3 Å². The molecule has 0 aliphatic carbocycles. The molecule has 1 saturated heterocycles. The Morgan fingerprint density at radius 3 is 2.65 bits per heavy atom. The Bertz CT molecular complexity index is 587. The van der Waals surface area contributed by atoms with Gasteiger partial charge in [0.15, 0.2) is 0 Å². The Morgan fingerprint density at radius 1 is 1.20 bits per heavy atom. The molecule has 3 rings (SSSR count). The van der Waals surface area contributed by atoms with Gasteiger partial charge in [-0.15, -0.1) is 0 Å². The standard InChI is InChI=1S/C15H17N3O2/c1-12-3-2-4-13(11-12)17-7-9-18(10-8-17)15(19)14-5-6-16-20-14/h2-6,11H,7-10H2,1H3. The summed E-state index contributed by atoms with van der Waals surface area (Å²) in [6.45, 7) is 5.17. The minimum absolute atomic E-state index is 0.0774. The van der Waals surface area contributed by atoms with Crippen molar-refractivity contribution in [2.24, 2.45) is 0 Å². The van der Waals surface area contributed by atoms with Crippen molar-refractivity contribution in [1.82, 2.24) is 10.1 Å². The third kappa shape index (κ3) is 2.52. The molecule has 1 aromatic carbocycles. The van der Waals surface area contributed by atoms with E-state index in [4.69, 9.17) is 4.52 Å². The smallest absolute Gasteiger partial charge is 0.292 e. The summed E-state index contributed by atoms with van der Waals surface area (Å²) in [4.78, 5) is 16.2. The van der Waals surface area contributed by atoms with Gasteiger partial charge in [0.1, 0.15) is 0 Å². The molecule has 1 aromatic heterocycles. The molecular formula is C15H17N3O2. The molecule has 0 unspecified atom stereocenters. The number of carbonyl (C=O) groups excluding carboxylic acids is 1. The highest BCUT2D eigenvalue weighted by Crippen LogP contribution is 2.18. The molecule has 1 aliphatic rings.